The summed E-state index contributed by atoms with van der Waals surface area (Å²) >= 11 is 0. The van der Waals surface area contributed by atoms with Gasteiger partial charge >= 0.3 is 5.97 Å². The van der Waals surface area contributed by atoms with Crippen LogP contribution in [0.5, 0.6) is 0 Å². The Morgan fingerprint density at radius 1 is 1.50 bits per heavy atom. The van der Waals surface area contributed by atoms with E-state index >= 15 is 0 Å². The molecule has 0 spiro atoms. The second-order valence-electron chi connectivity index (χ2n) is 2.94. The van der Waals surface area contributed by atoms with Gasteiger partial charge in [0, 0.05) is 0 Å². The van der Waals surface area contributed by atoms with Crippen molar-refractivity contribution in [1.82, 2.24) is 0 Å². The Morgan fingerprint density at radius 2 is 2.14 bits per heavy atom. The lowest BCUT2D eigenvalue weighted by Gasteiger charge is -2.09. The minimum atomic E-state index is -0.818. The van der Waals surface area contributed by atoms with E-state index in [-0.39, 0.29) is 0 Å². The molecule has 0 aliphatic rings. The predicted octanol–water partition coefficient (Wildman–Crippen LogP) is 1.78. The number of aryl methyl sites for hydroxylation is 1. The summed E-state index contributed by atoms with van der Waals surface area (Å²) in [6.45, 7) is 1.86. The Kier molecular flexibility index (Phi) is 3.24. The number of nitrogens with zero attached hydrogens (tertiary/aromatic N) is 1. The van der Waals surface area contributed by atoms with E-state index in [1.807, 2.05) is 25.1 Å². The maximum Gasteiger partial charge on any atom is 0.327 e. The summed E-state index contributed by atoms with van der Waals surface area (Å²) in [5.41, 5.74) is 1.63. The van der Waals surface area contributed by atoms with Crippen molar-refractivity contribution in [2.75, 3.05) is 7.11 Å². The van der Waals surface area contributed by atoms with E-state index in [1.54, 1.807) is 12.1 Å². The number of carbonyl (C=O) groups excluding carboxylic acids is 1. The third kappa shape index (κ3) is 1.91. The Bertz CT molecular complexity index is 379. The van der Waals surface area contributed by atoms with Crippen LogP contribution in [0.15, 0.2) is 24.3 Å². The van der Waals surface area contributed by atoms with E-state index < -0.39 is 11.9 Å². The first kappa shape index (κ1) is 10.3. The van der Waals surface area contributed by atoms with Crippen molar-refractivity contribution < 1.29 is 9.53 Å². The van der Waals surface area contributed by atoms with Crippen molar-refractivity contribution in [3.8, 4) is 6.07 Å². The largest absolute Gasteiger partial charge is 0.468 e. The van der Waals surface area contributed by atoms with Crippen molar-refractivity contribution in [3.05, 3.63) is 35.4 Å². The van der Waals surface area contributed by atoms with E-state index in [1.165, 1.54) is 7.11 Å². The molecule has 1 aromatic carbocycles. The van der Waals surface area contributed by atoms with Crippen LogP contribution in [-0.4, -0.2) is 13.1 Å². The normalized spacial score (nSPS) is 11.5. The molecule has 0 aliphatic heterocycles. The van der Waals surface area contributed by atoms with Crippen molar-refractivity contribution in [1.29, 1.82) is 5.26 Å². The first-order valence-electron chi connectivity index (χ1n) is 4.23. The van der Waals surface area contributed by atoms with Crippen molar-refractivity contribution in [3.63, 3.8) is 0 Å². The standard InChI is InChI=1S/C11H11NO2/c1-8-5-3-4-6-9(8)10(7-12)11(13)14-2/h3-6,10H,1-2H3. The Morgan fingerprint density at radius 3 is 2.64 bits per heavy atom. The molecule has 0 fully saturated rings. The molecule has 1 aromatic rings. The fourth-order valence-electron chi connectivity index (χ4n) is 1.28. The van der Waals surface area contributed by atoms with Gasteiger partial charge in [-0.2, -0.15) is 5.26 Å². The van der Waals surface area contributed by atoms with Crippen LogP contribution < -0.4 is 0 Å². The third-order valence-corrected chi connectivity index (χ3v) is 2.07. The molecule has 0 aliphatic carbocycles. The quantitative estimate of drug-likeness (QED) is 0.666. The molecule has 1 atom stereocenters. The van der Waals surface area contributed by atoms with Crippen LogP contribution in [0.25, 0.3) is 0 Å². The fourth-order valence-corrected chi connectivity index (χ4v) is 1.28. The lowest BCUT2D eigenvalue weighted by molar-refractivity contribution is -0.141. The summed E-state index contributed by atoms with van der Waals surface area (Å²) in [6.07, 6.45) is 0. The van der Waals surface area contributed by atoms with Gasteiger partial charge in [0.25, 0.3) is 0 Å². The van der Waals surface area contributed by atoms with E-state index in [0.29, 0.717) is 5.56 Å². The zero-order valence-corrected chi connectivity index (χ0v) is 8.15. The lowest BCUT2D eigenvalue weighted by Crippen LogP contribution is -2.13. The first-order chi connectivity index (χ1) is 6.70. The molecule has 0 heterocycles. The first-order valence-corrected chi connectivity index (χ1v) is 4.23. The van der Waals surface area contributed by atoms with Crippen LogP contribution in [0.4, 0.5) is 0 Å². The van der Waals surface area contributed by atoms with Gasteiger partial charge < -0.3 is 4.74 Å². The van der Waals surface area contributed by atoms with Gasteiger partial charge in [-0.25, -0.2) is 0 Å². The topological polar surface area (TPSA) is 50.1 Å². The van der Waals surface area contributed by atoms with Crippen molar-refractivity contribution in [2.24, 2.45) is 0 Å². The summed E-state index contributed by atoms with van der Waals surface area (Å²) in [5, 5.41) is 8.85. The Labute approximate surface area is 82.9 Å². The van der Waals surface area contributed by atoms with Gasteiger partial charge in [-0.15, -0.1) is 0 Å². The van der Waals surface area contributed by atoms with Crippen LogP contribution in [-0.2, 0) is 9.53 Å². The highest BCUT2D eigenvalue weighted by atomic mass is 16.5. The van der Waals surface area contributed by atoms with Gasteiger partial charge in [-0.3, -0.25) is 4.79 Å². The second-order valence-corrected chi connectivity index (χ2v) is 2.94. The molecule has 0 aromatic heterocycles. The van der Waals surface area contributed by atoms with Gasteiger partial charge in [0.2, 0.25) is 0 Å². The monoisotopic (exact) mass is 189 g/mol. The van der Waals surface area contributed by atoms with Crippen molar-refractivity contribution >= 4 is 5.97 Å². The number of hydrogen-bond donors (Lipinski definition) is 0. The number of hydrogen-bond acceptors (Lipinski definition) is 3. The van der Waals surface area contributed by atoms with Gasteiger partial charge in [0.1, 0.15) is 0 Å². The third-order valence-electron chi connectivity index (χ3n) is 2.07. The number of carbonyl (C=O) groups is 1. The van der Waals surface area contributed by atoms with Crippen LogP contribution in [0, 0.1) is 18.3 Å². The Hall–Kier alpha value is -1.82. The fraction of sp³-hybridized carbons (Fsp3) is 0.273. The summed E-state index contributed by atoms with van der Waals surface area (Å²) in [7, 11) is 1.28. The highest BCUT2D eigenvalue weighted by Gasteiger charge is 2.21. The average molecular weight is 189 g/mol. The van der Waals surface area contributed by atoms with E-state index in [4.69, 9.17) is 5.26 Å². The zero-order chi connectivity index (χ0) is 10.6. The van der Waals surface area contributed by atoms with Gasteiger partial charge in [0.15, 0.2) is 5.92 Å². The molecule has 1 rings (SSSR count). The lowest BCUT2D eigenvalue weighted by atomic mass is 9.96. The van der Waals surface area contributed by atoms with Crippen LogP contribution >= 0.6 is 0 Å². The Balaban J connectivity index is 3.09. The number of benzene rings is 1. The molecule has 14 heavy (non-hydrogen) atoms. The summed E-state index contributed by atoms with van der Waals surface area (Å²) < 4.78 is 4.55. The smallest absolute Gasteiger partial charge is 0.327 e. The van der Waals surface area contributed by atoms with Crippen LogP contribution in [0.2, 0.25) is 0 Å². The molecule has 0 amide bonds. The maximum atomic E-state index is 11.3. The summed E-state index contributed by atoms with van der Waals surface area (Å²) in [6, 6.07) is 9.23. The molecular formula is C11H11NO2. The molecule has 3 heteroatoms. The van der Waals surface area contributed by atoms with Gasteiger partial charge in [-0.1, -0.05) is 24.3 Å². The second kappa shape index (κ2) is 4.43. The molecule has 3 nitrogen and oxygen atoms in total. The molecule has 1 unspecified atom stereocenters. The van der Waals surface area contributed by atoms with Crippen LogP contribution in [0.3, 0.4) is 0 Å². The highest BCUT2D eigenvalue weighted by Crippen LogP contribution is 2.19. The number of rotatable bonds is 2. The number of esters is 1. The van der Waals surface area contributed by atoms with E-state index in [2.05, 4.69) is 4.74 Å². The van der Waals surface area contributed by atoms with Crippen LogP contribution in [0.1, 0.15) is 17.0 Å². The number of methoxy groups -OCH3 is 1. The van der Waals surface area contributed by atoms with E-state index in [0.717, 1.165) is 5.56 Å². The summed E-state index contributed by atoms with van der Waals surface area (Å²) in [4.78, 5) is 11.3. The average Bonchev–Trinajstić information content (AvgIpc) is 2.21. The number of nitriles is 1. The molecule has 0 bridgehead atoms. The minimum absolute atomic E-state index is 0.512. The summed E-state index contributed by atoms with van der Waals surface area (Å²) in [5.74, 6) is -1.33. The van der Waals surface area contributed by atoms with E-state index in [9.17, 15) is 4.79 Å². The molecule has 0 saturated carbocycles. The molecule has 0 radical (unpaired) electrons. The van der Waals surface area contributed by atoms with Crippen molar-refractivity contribution in [2.45, 2.75) is 12.8 Å². The minimum Gasteiger partial charge on any atom is -0.468 e. The molecule has 0 saturated heterocycles. The number of ether oxygens (including phenoxy) is 1. The molecule has 0 N–H and O–H groups in total. The molecular weight excluding hydrogens is 178 g/mol. The highest BCUT2D eigenvalue weighted by molar-refractivity contribution is 5.81. The SMILES string of the molecule is COC(=O)C(C#N)c1ccccc1C. The van der Waals surface area contributed by atoms with Gasteiger partial charge in [0.05, 0.1) is 13.2 Å². The predicted molar refractivity (Wildman–Crippen MR) is 51.5 cm³/mol. The zero-order valence-electron chi connectivity index (χ0n) is 8.15. The van der Waals surface area contributed by atoms with Gasteiger partial charge in [-0.05, 0) is 18.1 Å². The molecule has 72 valence electrons. The maximum absolute atomic E-state index is 11.3.